The maximum atomic E-state index is 12.8. The van der Waals surface area contributed by atoms with Crippen molar-refractivity contribution in [1.29, 1.82) is 0 Å². The number of carbonyl (C=O) groups excluding carboxylic acids is 4. The molecule has 2 amide bonds. The van der Waals surface area contributed by atoms with Gasteiger partial charge in [0.05, 0.1) is 19.8 Å². The van der Waals surface area contributed by atoms with E-state index < -0.39 is 35.6 Å². The fourth-order valence-electron chi connectivity index (χ4n) is 2.38. The normalized spacial score (nSPS) is 11.8. The van der Waals surface area contributed by atoms with Crippen LogP contribution in [0.2, 0.25) is 0 Å². The van der Waals surface area contributed by atoms with Crippen molar-refractivity contribution in [3.05, 3.63) is 35.4 Å². The van der Waals surface area contributed by atoms with Gasteiger partial charge in [-0.15, -0.1) is 0 Å². The minimum absolute atomic E-state index is 0.130. The average molecular weight is 408 g/mol. The molecule has 0 saturated heterocycles. The molecule has 9 heteroatoms. The van der Waals surface area contributed by atoms with Gasteiger partial charge in [0.15, 0.2) is 0 Å². The first-order valence-electron chi connectivity index (χ1n) is 8.95. The van der Waals surface area contributed by atoms with E-state index in [1.165, 1.54) is 21.3 Å². The number of esters is 2. The number of hydrogen-bond acceptors (Lipinski definition) is 7. The Balaban J connectivity index is 2.99. The summed E-state index contributed by atoms with van der Waals surface area (Å²) in [4.78, 5) is 49.2. The lowest BCUT2D eigenvalue weighted by Crippen LogP contribution is -2.50. The van der Waals surface area contributed by atoms with Crippen LogP contribution in [0.15, 0.2) is 24.3 Å². The minimum atomic E-state index is -0.983. The number of likely N-dealkylation sites (N-methyl/N-ethyl adjacent to an activating group) is 1. The molecule has 0 aromatic heterocycles. The topological polar surface area (TPSA) is 111 Å². The summed E-state index contributed by atoms with van der Waals surface area (Å²) in [6.45, 7) is 4.86. The summed E-state index contributed by atoms with van der Waals surface area (Å²) >= 11 is 0. The van der Waals surface area contributed by atoms with E-state index in [2.05, 4.69) is 14.8 Å². The van der Waals surface area contributed by atoms with Gasteiger partial charge in [-0.05, 0) is 38.5 Å². The predicted octanol–water partition coefficient (Wildman–Crippen LogP) is 1.54. The highest BCUT2D eigenvalue weighted by atomic mass is 16.6. The van der Waals surface area contributed by atoms with Crippen molar-refractivity contribution >= 4 is 23.9 Å². The molecule has 0 spiro atoms. The summed E-state index contributed by atoms with van der Waals surface area (Å²) < 4.78 is 14.5. The van der Waals surface area contributed by atoms with Crippen LogP contribution in [0.3, 0.4) is 0 Å². The van der Waals surface area contributed by atoms with E-state index in [0.29, 0.717) is 11.1 Å². The number of alkyl carbamates (subject to hydrolysis) is 1. The largest absolute Gasteiger partial charge is 0.468 e. The standard InChI is InChI=1S/C20H28N2O7/c1-20(2,3)29-19(26)21-15(17(24)22(4)12-16(23)27-5)11-13-7-9-14(10-8-13)18(25)28-6/h7-10,15H,11-12H2,1-6H3,(H,21,26)/t15-/m0/s1. The third kappa shape index (κ3) is 8.20. The highest BCUT2D eigenvalue weighted by Crippen LogP contribution is 2.11. The van der Waals surface area contributed by atoms with Gasteiger partial charge >= 0.3 is 18.0 Å². The number of rotatable bonds is 7. The van der Waals surface area contributed by atoms with Gasteiger partial charge < -0.3 is 24.4 Å². The smallest absolute Gasteiger partial charge is 0.408 e. The van der Waals surface area contributed by atoms with Crippen molar-refractivity contribution in [2.24, 2.45) is 0 Å². The lowest BCUT2D eigenvalue weighted by molar-refractivity contribution is -0.146. The van der Waals surface area contributed by atoms with Gasteiger partial charge in [-0.3, -0.25) is 9.59 Å². The van der Waals surface area contributed by atoms with Gasteiger partial charge in [-0.1, -0.05) is 12.1 Å². The molecule has 160 valence electrons. The third-order valence-corrected chi connectivity index (χ3v) is 3.77. The van der Waals surface area contributed by atoms with E-state index >= 15 is 0 Å². The molecule has 1 N–H and O–H groups in total. The molecule has 29 heavy (non-hydrogen) atoms. The number of methoxy groups -OCH3 is 2. The van der Waals surface area contributed by atoms with Crippen molar-refractivity contribution in [2.75, 3.05) is 27.8 Å². The Hall–Kier alpha value is -3.10. The van der Waals surface area contributed by atoms with Crippen molar-refractivity contribution in [2.45, 2.75) is 38.8 Å². The van der Waals surface area contributed by atoms with Crippen LogP contribution in [0.25, 0.3) is 0 Å². The molecule has 9 nitrogen and oxygen atoms in total. The zero-order chi connectivity index (χ0) is 22.2. The number of nitrogens with zero attached hydrogens (tertiary/aromatic N) is 1. The molecule has 0 radical (unpaired) electrons. The number of ether oxygens (including phenoxy) is 3. The Labute approximate surface area is 170 Å². The number of carbonyl (C=O) groups is 4. The summed E-state index contributed by atoms with van der Waals surface area (Å²) in [5, 5.41) is 2.55. The maximum Gasteiger partial charge on any atom is 0.408 e. The van der Waals surface area contributed by atoms with Crippen LogP contribution < -0.4 is 5.32 Å². The van der Waals surface area contributed by atoms with Gasteiger partial charge in [0.25, 0.3) is 0 Å². The predicted molar refractivity (Wildman–Crippen MR) is 104 cm³/mol. The Kier molecular flexibility index (Phi) is 8.62. The first-order valence-corrected chi connectivity index (χ1v) is 8.95. The number of hydrogen-bond donors (Lipinski definition) is 1. The fraction of sp³-hybridized carbons (Fsp3) is 0.500. The molecule has 0 fully saturated rings. The lowest BCUT2D eigenvalue weighted by Gasteiger charge is -2.26. The van der Waals surface area contributed by atoms with Crippen LogP contribution in [0.5, 0.6) is 0 Å². The van der Waals surface area contributed by atoms with Crippen molar-refractivity contribution in [3.8, 4) is 0 Å². The molecule has 0 aliphatic heterocycles. The molecule has 1 atom stereocenters. The van der Waals surface area contributed by atoms with Crippen LogP contribution in [-0.2, 0) is 30.2 Å². The molecular formula is C20H28N2O7. The SMILES string of the molecule is COC(=O)CN(C)C(=O)[C@H](Cc1ccc(C(=O)OC)cc1)NC(=O)OC(C)(C)C. The van der Waals surface area contributed by atoms with E-state index in [-0.39, 0.29) is 13.0 Å². The Morgan fingerprint density at radius 3 is 2.10 bits per heavy atom. The molecular weight excluding hydrogens is 380 g/mol. The molecule has 0 unspecified atom stereocenters. The van der Waals surface area contributed by atoms with Gasteiger partial charge in [0, 0.05) is 13.5 Å². The minimum Gasteiger partial charge on any atom is -0.468 e. The van der Waals surface area contributed by atoms with Crippen LogP contribution >= 0.6 is 0 Å². The number of benzene rings is 1. The summed E-state index contributed by atoms with van der Waals surface area (Å²) in [6, 6.07) is 5.46. The fourth-order valence-corrected chi connectivity index (χ4v) is 2.38. The zero-order valence-electron chi connectivity index (χ0n) is 17.6. The molecule has 1 rings (SSSR count). The molecule has 0 bridgehead atoms. The molecule has 0 heterocycles. The first kappa shape index (κ1) is 23.9. The second-order valence-electron chi connectivity index (χ2n) is 7.36. The highest BCUT2D eigenvalue weighted by molar-refractivity contribution is 5.90. The molecule has 0 saturated carbocycles. The van der Waals surface area contributed by atoms with Crippen LogP contribution in [0.1, 0.15) is 36.7 Å². The summed E-state index contributed by atoms with van der Waals surface area (Å²) in [7, 11) is 3.94. The van der Waals surface area contributed by atoms with Crippen molar-refractivity contribution in [1.82, 2.24) is 10.2 Å². The number of nitrogens with one attached hydrogen (secondary N) is 1. The van der Waals surface area contributed by atoms with Crippen molar-refractivity contribution in [3.63, 3.8) is 0 Å². The second-order valence-corrected chi connectivity index (χ2v) is 7.36. The quantitative estimate of drug-likeness (QED) is 0.538. The van der Waals surface area contributed by atoms with Gasteiger partial charge in [-0.2, -0.15) is 0 Å². The van der Waals surface area contributed by atoms with E-state index in [4.69, 9.17) is 4.74 Å². The van der Waals surface area contributed by atoms with Gasteiger partial charge in [-0.25, -0.2) is 9.59 Å². The Morgan fingerprint density at radius 1 is 1.03 bits per heavy atom. The monoisotopic (exact) mass is 408 g/mol. The van der Waals surface area contributed by atoms with Crippen LogP contribution in [-0.4, -0.2) is 68.3 Å². The van der Waals surface area contributed by atoms with Gasteiger partial charge in [0.2, 0.25) is 5.91 Å². The summed E-state index contributed by atoms with van der Waals surface area (Å²) in [5.74, 6) is -1.55. The van der Waals surface area contributed by atoms with E-state index in [0.717, 1.165) is 4.90 Å². The molecule has 1 aromatic carbocycles. The highest BCUT2D eigenvalue weighted by Gasteiger charge is 2.28. The number of amides is 2. The van der Waals surface area contributed by atoms with E-state index in [9.17, 15) is 19.2 Å². The summed E-state index contributed by atoms with van der Waals surface area (Å²) in [6.07, 6.45) is -0.626. The molecule has 1 aromatic rings. The van der Waals surface area contributed by atoms with Crippen LogP contribution in [0.4, 0.5) is 4.79 Å². The Morgan fingerprint density at radius 2 is 1.62 bits per heavy atom. The average Bonchev–Trinajstić information content (AvgIpc) is 2.65. The summed E-state index contributed by atoms with van der Waals surface area (Å²) in [5.41, 5.74) is 0.318. The Bertz CT molecular complexity index is 738. The lowest BCUT2D eigenvalue weighted by atomic mass is 10.0. The van der Waals surface area contributed by atoms with Gasteiger partial charge in [0.1, 0.15) is 18.2 Å². The second kappa shape index (κ2) is 10.4. The first-order chi connectivity index (χ1) is 13.5. The molecule has 0 aliphatic rings. The maximum absolute atomic E-state index is 12.8. The van der Waals surface area contributed by atoms with Crippen LogP contribution in [0, 0.1) is 0 Å². The zero-order valence-corrected chi connectivity index (χ0v) is 17.6. The van der Waals surface area contributed by atoms with E-state index in [1.54, 1.807) is 45.0 Å². The third-order valence-electron chi connectivity index (χ3n) is 3.77. The van der Waals surface area contributed by atoms with E-state index in [1.807, 2.05) is 0 Å². The van der Waals surface area contributed by atoms with Crippen molar-refractivity contribution < 1.29 is 33.4 Å². The molecule has 0 aliphatic carbocycles.